The lowest BCUT2D eigenvalue weighted by molar-refractivity contribution is -0.142. The van der Waals surface area contributed by atoms with Crippen LogP contribution < -0.4 is 0 Å². The summed E-state index contributed by atoms with van der Waals surface area (Å²) in [7, 11) is 0. The lowest BCUT2D eigenvalue weighted by Crippen LogP contribution is -2.23. The Balaban J connectivity index is 2.82. The summed E-state index contributed by atoms with van der Waals surface area (Å²) in [5, 5.41) is 0.0364. The Morgan fingerprint density at radius 1 is 1.32 bits per heavy atom. The number of benzene rings is 1. The van der Waals surface area contributed by atoms with E-state index in [1.54, 1.807) is 52.8 Å². The lowest BCUT2D eigenvalue weighted by Gasteiger charge is -2.19. The molecule has 0 spiro atoms. The Morgan fingerprint density at radius 3 is 2.45 bits per heavy atom. The van der Waals surface area contributed by atoms with E-state index in [2.05, 4.69) is 0 Å². The standard InChI is InChI=1S/C16H21ClO4S/c1-6-20-14(18)10(2)22-13-8-7-11(9-12(13)17)15(19)21-16(3,4)5/h7-10H,6H2,1-5H3. The van der Waals surface area contributed by atoms with Gasteiger partial charge in [-0.3, -0.25) is 4.79 Å². The zero-order chi connectivity index (χ0) is 16.9. The van der Waals surface area contributed by atoms with Crippen molar-refractivity contribution < 1.29 is 19.1 Å². The summed E-state index contributed by atoms with van der Waals surface area (Å²) in [6.45, 7) is 9.26. The summed E-state index contributed by atoms with van der Waals surface area (Å²) in [4.78, 5) is 24.3. The molecule has 0 saturated carbocycles. The number of hydrogen-bond donors (Lipinski definition) is 0. The summed E-state index contributed by atoms with van der Waals surface area (Å²) in [5.41, 5.74) is -0.178. The van der Waals surface area contributed by atoms with Crippen molar-refractivity contribution in [2.45, 2.75) is 50.4 Å². The van der Waals surface area contributed by atoms with Crippen LogP contribution in [0.2, 0.25) is 5.02 Å². The first-order valence-corrected chi connectivity index (χ1v) is 8.26. The molecule has 1 unspecified atom stereocenters. The Bertz CT molecular complexity index is 552. The maximum Gasteiger partial charge on any atom is 0.338 e. The van der Waals surface area contributed by atoms with Gasteiger partial charge in [0, 0.05) is 4.90 Å². The number of thioether (sulfide) groups is 1. The van der Waals surface area contributed by atoms with Gasteiger partial charge in [0.1, 0.15) is 10.9 Å². The molecule has 0 N–H and O–H groups in total. The monoisotopic (exact) mass is 344 g/mol. The molecule has 0 aliphatic rings. The van der Waals surface area contributed by atoms with E-state index in [1.165, 1.54) is 11.8 Å². The van der Waals surface area contributed by atoms with Gasteiger partial charge in [-0.05, 0) is 52.8 Å². The van der Waals surface area contributed by atoms with E-state index < -0.39 is 11.6 Å². The van der Waals surface area contributed by atoms with Crippen molar-refractivity contribution in [2.75, 3.05) is 6.61 Å². The molecule has 1 atom stereocenters. The van der Waals surface area contributed by atoms with Crippen LogP contribution in [0, 0.1) is 0 Å². The molecule has 1 aromatic carbocycles. The minimum absolute atomic E-state index is 0.292. The Hall–Kier alpha value is -1.20. The Morgan fingerprint density at radius 2 is 1.95 bits per heavy atom. The lowest BCUT2D eigenvalue weighted by atomic mass is 10.1. The highest BCUT2D eigenvalue weighted by molar-refractivity contribution is 8.00. The van der Waals surface area contributed by atoms with Crippen LogP contribution in [0.5, 0.6) is 0 Å². The second-order valence-corrected chi connectivity index (χ2v) is 7.45. The summed E-state index contributed by atoms with van der Waals surface area (Å²) in [5.74, 6) is -0.718. The molecule has 0 heterocycles. The molecule has 0 fully saturated rings. The Labute approximate surface area is 140 Å². The van der Waals surface area contributed by atoms with E-state index in [-0.39, 0.29) is 11.2 Å². The van der Waals surface area contributed by atoms with Gasteiger partial charge in [-0.25, -0.2) is 4.79 Å². The highest BCUT2D eigenvalue weighted by Gasteiger charge is 2.20. The van der Waals surface area contributed by atoms with Crippen molar-refractivity contribution in [2.24, 2.45) is 0 Å². The third-order valence-electron chi connectivity index (χ3n) is 2.49. The highest BCUT2D eigenvalue weighted by Crippen LogP contribution is 2.32. The molecule has 0 bridgehead atoms. The summed E-state index contributed by atoms with van der Waals surface area (Å²) in [6.07, 6.45) is 0. The number of halogens is 1. The third kappa shape index (κ3) is 5.89. The average molecular weight is 345 g/mol. The number of carbonyl (C=O) groups excluding carboxylic acids is 2. The van der Waals surface area contributed by atoms with Gasteiger partial charge in [0.05, 0.1) is 17.2 Å². The number of rotatable bonds is 5. The average Bonchev–Trinajstić information content (AvgIpc) is 2.39. The van der Waals surface area contributed by atoms with Crippen molar-refractivity contribution in [1.29, 1.82) is 0 Å². The van der Waals surface area contributed by atoms with Gasteiger partial charge in [0.25, 0.3) is 0 Å². The Kier molecular flexibility index (Phi) is 6.75. The molecule has 0 aliphatic heterocycles. The second-order valence-electron chi connectivity index (χ2n) is 5.66. The van der Waals surface area contributed by atoms with Crippen molar-refractivity contribution >= 4 is 35.3 Å². The van der Waals surface area contributed by atoms with Crippen molar-refractivity contribution in [1.82, 2.24) is 0 Å². The van der Waals surface area contributed by atoms with E-state index in [9.17, 15) is 9.59 Å². The molecule has 122 valence electrons. The fraction of sp³-hybridized carbons (Fsp3) is 0.500. The maximum atomic E-state index is 12.0. The first-order chi connectivity index (χ1) is 10.1. The zero-order valence-electron chi connectivity index (χ0n) is 13.4. The van der Waals surface area contributed by atoms with Crippen LogP contribution in [-0.4, -0.2) is 29.4 Å². The van der Waals surface area contributed by atoms with Gasteiger partial charge in [0.2, 0.25) is 0 Å². The summed E-state index contributed by atoms with van der Waals surface area (Å²) < 4.78 is 10.2. The van der Waals surface area contributed by atoms with Crippen LogP contribution in [0.1, 0.15) is 45.0 Å². The molecule has 4 nitrogen and oxygen atoms in total. The van der Waals surface area contributed by atoms with Gasteiger partial charge >= 0.3 is 11.9 Å². The quantitative estimate of drug-likeness (QED) is 0.587. The number of carbonyl (C=O) groups is 2. The minimum Gasteiger partial charge on any atom is -0.465 e. The number of esters is 2. The van der Waals surface area contributed by atoms with Crippen LogP contribution in [0.4, 0.5) is 0 Å². The highest BCUT2D eigenvalue weighted by atomic mass is 35.5. The SMILES string of the molecule is CCOC(=O)C(C)Sc1ccc(C(=O)OC(C)(C)C)cc1Cl. The van der Waals surface area contributed by atoms with E-state index in [0.717, 1.165) is 4.90 Å². The van der Waals surface area contributed by atoms with E-state index >= 15 is 0 Å². The minimum atomic E-state index is -0.560. The molecule has 0 aliphatic carbocycles. The van der Waals surface area contributed by atoms with Gasteiger partial charge in [0.15, 0.2) is 0 Å². The van der Waals surface area contributed by atoms with Crippen LogP contribution in [0.25, 0.3) is 0 Å². The fourth-order valence-corrected chi connectivity index (χ4v) is 2.74. The normalized spacial score (nSPS) is 12.6. The summed E-state index contributed by atoms with van der Waals surface area (Å²) >= 11 is 7.48. The first kappa shape index (κ1) is 18.8. The molecule has 6 heteroatoms. The predicted octanol–water partition coefficient (Wildman–Crippen LogP) is 4.34. The molecular formula is C16H21ClO4S. The van der Waals surface area contributed by atoms with Crippen molar-refractivity contribution in [3.63, 3.8) is 0 Å². The van der Waals surface area contributed by atoms with Gasteiger partial charge < -0.3 is 9.47 Å². The van der Waals surface area contributed by atoms with Crippen LogP contribution in [0.3, 0.4) is 0 Å². The molecule has 22 heavy (non-hydrogen) atoms. The zero-order valence-corrected chi connectivity index (χ0v) is 15.0. The van der Waals surface area contributed by atoms with E-state index in [1.807, 2.05) is 0 Å². The number of hydrogen-bond acceptors (Lipinski definition) is 5. The van der Waals surface area contributed by atoms with Gasteiger partial charge in [-0.15, -0.1) is 11.8 Å². The molecule has 0 amide bonds. The molecule has 1 aromatic rings. The largest absolute Gasteiger partial charge is 0.465 e. The summed E-state index contributed by atoms with van der Waals surface area (Å²) in [6, 6.07) is 4.90. The molecule has 1 rings (SSSR count). The molecule has 0 radical (unpaired) electrons. The predicted molar refractivity (Wildman–Crippen MR) is 88.6 cm³/mol. The second kappa shape index (κ2) is 7.88. The van der Waals surface area contributed by atoms with E-state index in [4.69, 9.17) is 21.1 Å². The van der Waals surface area contributed by atoms with E-state index in [0.29, 0.717) is 17.2 Å². The fourth-order valence-electron chi connectivity index (χ4n) is 1.56. The molecular weight excluding hydrogens is 324 g/mol. The van der Waals surface area contributed by atoms with Gasteiger partial charge in [-0.1, -0.05) is 11.6 Å². The van der Waals surface area contributed by atoms with Crippen LogP contribution in [0.15, 0.2) is 23.1 Å². The van der Waals surface area contributed by atoms with Gasteiger partial charge in [-0.2, -0.15) is 0 Å². The topological polar surface area (TPSA) is 52.6 Å². The maximum absolute atomic E-state index is 12.0. The number of ether oxygens (including phenoxy) is 2. The van der Waals surface area contributed by atoms with Crippen LogP contribution in [-0.2, 0) is 14.3 Å². The molecule has 0 saturated heterocycles. The first-order valence-electron chi connectivity index (χ1n) is 7.00. The third-order valence-corrected chi connectivity index (χ3v) is 4.07. The smallest absolute Gasteiger partial charge is 0.338 e. The molecule has 0 aromatic heterocycles. The van der Waals surface area contributed by atoms with Crippen molar-refractivity contribution in [3.05, 3.63) is 28.8 Å². The van der Waals surface area contributed by atoms with Crippen LogP contribution >= 0.6 is 23.4 Å². The van der Waals surface area contributed by atoms with Crippen molar-refractivity contribution in [3.8, 4) is 0 Å².